The monoisotopic (exact) mass is 356 g/mol. The molecule has 2 aromatic rings. The summed E-state index contributed by atoms with van der Waals surface area (Å²) in [5, 5.41) is 11.1. The number of hydrogen-bond acceptors (Lipinski definition) is 3. The summed E-state index contributed by atoms with van der Waals surface area (Å²) in [5.74, 6) is -0.0875. The summed E-state index contributed by atoms with van der Waals surface area (Å²) >= 11 is 5.74. The zero-order chi connectivity index (χ0) is 13.8. The molecule has 1 aromatic carbocycles. The average Bonchev–Trinajstić information content (AvgIpc) is 2.40. The number of hydrogen-bond donors (Lipinski definition) is 0. The molecule has 104 valence electrons. The highest BCUT2D eigenvalue weighted by Gasteiger charge is 2.14. The van der Waals surface area contributed by atoms with Gasteiger partial charge >= 0.3 is 0 Å². The highest BCUT2D eigenvalue weighted by Crippen LogP contribution is 2.10. The molecule has 0 bridgehead atoms. The van der Waals surface area contributed by atoms with Crippen molar-refractivity contribution in [3.63, 3.8) is 0 Å². The van der Waals surface area contributed by atoms with Gasteiger partial charge in [-0.1, -0.05) is 11.6 Å². The average molecular weight is 358 g/mol. The highest BCUT2D eigenvalue weighted by molar-refractivity contribution is 6.30. The fourth-order valence-electron chi connectivity index (χ4n) is 1.57. The van der Waals surface area contributed by atoms with E-state index in [0.717, 1.165) is 0 Å². The van der Waals surface area contributed by atoms with Crippen LogP contribution < -0.4 is 21.5 Å². The van der Waals surface area contributed by atoms with Gasteiger partial charge in [0.1, 0.15) is 0 Å². The molecule has 0 fully saturated rings. The van der Waals surface area contributed by atoms with Gasteiger partial charge in [-0.05, 0) is 24.3 Å². The van der Waals surface area contributed by atoms with Crippen molar-refractivity contribution in [3.8, 4) is 0 Å². The third-order valence-corrected chi connectivity index (χ3v) is 2.83. The van der Waals surface area contributed by atoms with E-state index in [0.29, 0.717) is 10.6 Å². The van der Waals surface area contributed by atoms with Crippen LogP contribution in [0.3, 0.4) is 0 Å². The van der Waals surface area contributed by atoms with E-state index in [2.05, 4.69) is 0 Å². The fourth-order valence-corrected chi connectivity index (χ4v) is 1.70. The molecule has 20 heavy (non-hydrogen) atoms. The molecule has 1 heterocycles. The number of ketones is 1. The Labute approximate surface area is 130 Å². The van der Waals surface area contributed by atoms with Gasteiger partial charge in [0.15, 0.2) is 12.4 Å². The molecule has 2 rings (SSSR count). The Balaban J connectivity index is 0.00000200. The third kappa shape index (κ3) is 4.11. The molecule has 1 aromatic heterocycles. The lowest BCUT2D eigenvalue weighted by Gasteiger charge is -1.98. The lowest BCUT2D eigenvalue weighted by molar-refractivity contribution is -0.683. The van der Waals surface area contributed by atoms with Crippen LogP contribution in [0.15, 0.2) is 48.8 Å². The molecular weight excluding hydrogens is 348 g/mol. The van der Waals surface area contributed by atoms with Gasteiger partial charge in [-0.3, -0.25) is 14.9 Å². The summed E-state index contributed by atoms with van der Waals surface area (Å²) in [6, 6.07) is 9.31. The van der Waals surface area contributed by atoms with Gasteiger partial charge in [-0.2, -0.15) is 4.57 Å². The molecule has 0 saturated heterocycles. The van der Waals surface area contributed by atoms with Gasteiger partial charge in [-0.15, -0.1) is 0 Å². The van der Waals surface area contributed by atoms with E-state index in [1.807, 2.05) is 0 Å². The Morgan fingerprint density at radius 1 is 1.15 bits per heavy atom. The standard InChI is InChI=1S/C13H10ClN2O3.BrH/c14-11-3-1-10(2-4-11)13(17)9-15-7-5-12(6-8-15)16(18)19;/h1-8H,9H2;1H/q+1;/p-1. The number of Topliss-reactive ketones (excluding diaryl/α,β-unsaturated/α-hetero) is 1. The lowest BCUT2D eigenvalue weighted by Crippen LogP contribution is -3.00. The SMILES string of the molecule is O=C(C[n+]1ccc([N+](=O)[O-])cc1)c1ccc(Cl)cc1.[Br-]. The smallest absolute Gasteiger partial charge is 0.281 e. The number of pyridine rings is 1. The Kier molecular flexibility index (Phi) is 5.79. The molecule has 7 heteroatoms. The zero-order valence-electron chi connectivity index (χ0n) is 10.2. The minimum absolute atomic E-state index is 0. The first-order valence-electron chi connectivity index (χ1n) is 5.48. The van der Waals surface area contributed by atoms with E-state index in [1.165, 1.54) is 24.5 Å². The van der Waals surface area contributed by atoms with Gasteiger partial charge < -0.3 is 17.0 Å². The van der Waals surface area contributed by atoms with Gasteiger partial charge in [-0.25, -0.2) is 0 Å². The van der Waals surface area contributed by atoms with Crippen LogP contribution in [-0.4, -0.2) is 10.7 Å². The maximum Gasteiger partial charge on any atom is 0.281 e. The Morgan fingerprint density at radius 3 is 2.20 bits per heavy atom. The van der Waals surface area contributed by atoms with Crippen LogP contribution in [0.2, 0.25) is 5.02 Å². The molecule has 0 amide bonds. The number of carbonyl (C=O) groups excluding carboxylic acids is 1. The maximum absolute atomic E-state index is 11.9. The van der Waals surface area contributed by atoms with Gasteiger partial charge in [0.05, 0.1) is 17.1 Å². The van der Waals surface area contributed by atoms with E-state index < -0.39 is 4.92 Å². The maximum atomic E-state index is 11.9. The molecule has 0 N–H and O–H groups in total. The fraction of sp³-hybridized carbons (Fsp3) is 0.0769. The molecule has 0 aliphatic rings. The van der Waals surface area contributed by atoms with Crippen LogP contribution in [0, 0.1) is 10.1 Å². The summed E-state index contributed by atoms with van der Waals surface area (Å²) in [6.45, 7) is 0.125. The first-order valence-corrected chi connectivity index (χ1v) is 5.86. The molecule has 0 unspecified atom stereocenters. The second kappa shape index (κ2) is 7.12. The number of aromatic nitrogens is 1. The summed E-state index contributed by atoms with van der Waals surface area (Å²) in [5.41, 5.74) is 0.547. The molecule has 0 saturated carbocycles. The van der Waals surface area contributed by atoms with Crippen molar-refractivity contribution in [1.29, 1.82) is 0 Å². The summed E-state index contributed by atoms with van der Waals surface area (Å²) in [6.07, 6.45) is 3.01. The van der Waals surface area contributed by atoms with Crippen LogP contribution in [0.5, 0.6) is 0 Å². The number of nitro groups is 1. The van der Waals surface area contributed by atoms with Crippen LogP contribution >= 0.6 is 11.6 Å². The van der Waals surface area contributed by atoms with Crippen molar-refractivity contribution in [2.45, 2.75) is 6.54 Å². The van der Waals surface area contributed by atoms with Crippen LogP contribution in [0.4, 0.5) is 5.69 Å². The minimum Gasteiger partial charge on any atom is -1.00 e. The van der Waals surface area contributed by atoms with E-state index >= 15 is 0 Å². The van der Waals surface area contributed by atoms with E-state index in [-0.39, 0.29) is 35.0 Å². The highest BCUT2D eigenvalue weighted by atomic mass is 79.9. The van der Waals surface area contributed by atoms with Crippen LogP contribution in [0.25, 0.3) is 0 Å². The van der Waals surface area contributed by atoms with E-state index in [1.54, 1.807) is 28.8 Å². The predicted octanol–water partition coefficient (Wildman–Crippen LogP) is -0.577. The van der Waals surface area contributed by atoms with Crippen LogP contribution in [0.1, 0.15) is 10.4 Å². The molecular formula is C13H10BrClN2O3. The molecule has 5 nitrogen and oxygen atoms in total. The summed E-state index contributed by atoms with van der Waals surface area (Å²) < 4.78 is 1.59. The third-order valence-electron chi connectivity index (χ3n) is 2.58. The molecule has 0 spiro atoms. The Morgan fingerprint density at radius 2 is 1.70 bits per heavy atom. The molecule has 0 radical (unpaired) electrons. The first kappa shape index (κ1) is 16.3. The van der Waals surface area contributed by atoms with Gasteiger partial charge in [0.25, 0.3) is 5.69 Å². The number of halogens is 2. The van der Waals surface area contributed by atoms with Crippen molar-refractivity contribution in [2.75, 3.05) is 0 Å². The first-order chi connectivity index (χ1) is 9.06. The molecule has 0 aliphatic heterocycles. The van der Waals surface area contributed by atoms with Gasteiger partial charge in [0, 0.05) is 10.6 Å². The molecule has 0 aliphatic carbocycles. The number of nitrogens with zero attached hydrogens (tertiary/aromatic N) is 2. The van der Waals surface area contributed by atoms with Gasteiger partial charge in [0.2, 0.25) is 12.3 Å². The Hall–Kier alpha value is -1.79. The summed E-state index contributed by atoms with van der Waals surface area (Å²) in [4.78, 5) is 22.0. The normalized spacial score (nSPS) is 9.65. The second-order valence-electron chi connectivity index (χ2n) is 3.92. The van der Waals surface area contributed by atoms with Crippen molar-refractivity contribution in [1.82, 2.24) is 0 Å². The predicted molar refractivity (Wildman–Crippen MR) is 69.1 cm³/mol. The molecule has 0 atom stereocenters. The zero-order valence-corrected chi connectivity index (χ0v) is 12.5. The number of benzene rings is 1. The topological polar surface area (TPSA) is 64.1 Å². The number of rotatable bonds is 4. The van der Waals surface area contributed by atoms with Crippen LogP contribution in [-0.2, 0) is 6.54 Å². The largest absolute Gasteiger partial charge is 1.00 e. The van der Waals surface area contributed by atoms with Crippen molar-refractivity contribution in [3.05, 3.63) is 69.5 Å². The summed E-state index contributed by atoms with van der Waals surface area (Å²) in [7, 11) is 0. The Bertz CT molecular complexity index is 615. The minimum atomic E-state index is -0.481. The van der Waals surface area contributed by atoms with Crippen molar-refractivity contribution >= 4 is 23.1 Å². The van der Waals surface area contributed by atoms with Crippen molar-refractivity contribution in [2.24, 2.45) is 0 Å². The number of carbonyl (C=O) groups is 1. The lowest BCUT2D eigenvalue weighted by atomic mass is 10.1. The van der Waals surface area contributed by atoms with E-state index in [9.17, 15) is 14.9 Å². The quantitative estimate of drug-likeness (QED) is 0.318. The van der Waals surface area contributed by atoms with E-state index in [4.69, 9.17) is 11.6 Å². The van der Waals surface area contributed by atoms with Crippen molar-refractivity contribution < 1.29 is 31.3 Å². The second-order valence-corrected chi connectivity index (χ2v) is 4.35.